The molecule has 0 bridgehead atoms. The van der Waals surface area contributed by atoms with Crippen molar-refractivity contribution >= 4 is 17.7 Å². The maximum atomic E-state index is 13.5. The molecule has 1 saturated heterocycles. The summed E-state index contributed by atoms with van der Waals surface area (Å²) in [5.41, 5.74) is 2.10. The van der Waals surface area contributed by atoms with Gasteiger partial charge in [0.1, 0.15) is 5.82 Å². The Hall–Kier alpha value is -1.31. The number of guanidine groups is 1. The zero-order valence-electron chi connectivity index (χ0n) is 16.6. The second-order valence-electron chi connectivity index (χ2n) is 6.63. The first kappa shape index (κ1) is 22.0. The molecule has 1 aromatic rings. The molecule has 0 amide bonds. The first-order valence-electron chi connectivity index (χ1n) is 9.81. The van der Waals surface area contributed by atoms with E-state index in [9.17, 15) is 4.39 Å². The van der Waals surface area contributed by atoms with Crippen molar-refractivity contribution in [3.8, 4) is 0 Å². The van der Waals surface area contributed by atoms with Crippen molar-refractivity contribution in [1.82, 2.24) is 15.5 Å². The van der Waals surface area contributed by atoms with Crippen molar-refractivity contribution in [1.29, 1.82) is 0 Å². The Kier molecular flexibility index (Phi) is 10.6. The van der Waals surface area contributed by atoms with Crippen LogP contribution in [0.15, 0.2) is 23.2 Å². The summed E-state index contributed by atoms with van der Waals surface area (Å²) in [6.45, 7) is 9.28. The van der Waals surface area contributed by atoms with Crippen molar-refractivity contribution in [3.05, 3.63) is 35.1 Å². The van der Waals surface area contributed by atoms with Crippen LogP contribution in [0.3, 0.4) is 0 Å². The molecule has 7 heteroatoms. The van der Waals surface area contributed by atoms with E-state index in [0.29, 0.717) is 6.54 Å². The monoisotopic (exact) mass is 396 g/mol. The summed E-state index contributed by atoms with van der Waals surface area (Å²) in [6, 6.07) is 4.98. The average molecular weight is 397 g/mol. The Balaban J connectivity index is 1.78. The Morgan fingerprint density at radius 2 is 2.04 bits per heavy atom. The lowest BCUT2D eigenvalue weighted by Gasteiger charge is -2.26. The molecule has 0 spiro atoms. The zero-order valence-corrected chi connectivity index (χ0v) is 17.4. The summed E-state index contributed by atoms with van der Waals surface area (Å²) in [5, 5.41) is 6.70. The number of aliphatic imine (C=N–C) groups is 1. The highest BCUT2D eigenvalue weighted by Gasteiger charge is 2.09. The van der Waals surface area contributed by atoms with Gasteiger partial charge in [-0.1, -0.05) is 6.07 Å². The second-order valence-corrected chi connectivity index (χ2v) is 7.50. The number of nitrogens with one attached hydrogen (secondary N) is 2. The molecule has 1 aromatic carbocycles. The van der Waals surface area contributed by atoms with Crippen LogP contribution in [0.5, 0.6) is 0 Å². The lowest BCUT2D eigenvalue weighted by atomic mass is 10.1. The number of hydrogen-bond donors (Lipinski definition) is 2. The standard InChI is InChI=1S/C20H33FN4OS/c1-3-22-20(23-8-4-5-9-25-10-12-26-13-11-25)24-15-17-6-7-19(21)14-18(17)16-27-2/h6-7,14H,3-5,8-13,15-16H2,1-2H3,(H2,22,23,24). The van der Waals surface area contributed by atoms with Crippen molar-refractivity contribution < 1.29 is 9.13 Å². The lowest BCUT2D eigenvalue weighted by Crippen LogP contribution is -2.39. The van der Waals surface area contributed by atoms with Gasteiger partial charge < -0.3 is 15.4 Å². The molecule has 27 heavy (non-hydrogen) atoms. The quantitative estimate of drug-likeness (QED) is 0.362. The summed E-state index contributed by atoms with van der Waals surface area (Å²) >= 11 is 1.69. The lowest BCUT2D eigenvalue weighted by molar-refractivity contribution is 0.0372. The van der Waals surface area contributed by atoms with Gasteiger partial charge in [0.2, 0.25) is 0 Å². The van der Waals surface area contributed by atoms with Gasteiger partial charge in [-0.2, -0.15) is 11.8 Å². The van der Waals surface area contributed by atoms with Gasteiger partial charge in [0.25, 0.3) is 0 Å². The largest absolute Gasteiger partial charge is 0.379 e. The van der Waals surface area contributed by atoms with Crippen LogP contribution >= 0.6 is 11.8 Å². The van der Waals surface area contributed by atoms with E-state index in [2.05, 4.69) is 27.4 Å². The highest BCUT2D eigenvalue weighted by molar-refractivity contribution is 7.97. The van der Waals surface area contributed by atoms with E-state index in [0.717, 1.165) is 75.2 Å². The van der Waals surface area contributed by atoms with Crippen LogP contribution in [0.2, 0.25) is 0 Å². The van der Waals surface area contributed by atoms with E-state index in [1.807, 2.05) is 12.3 Å². The van der Waals surface area contributed by atoms with Gasteiger partial charge in [0, 0.05) is 31.9 Å². The van der Waals surface area contributed by atoms with Crippen molar-refractivity contribution in [2.45, 2.75) is 32.1 Å². The minimum absolute atomic E-state index is 0.183. The predicted octanol–water partition coefficient (Wildman–Crippen LogP) is 2.86. The number of ether oxygens (including phenoxy) is 1. The maximum absolute atomic E-state index is 13.5. The molecule has 1 fully saturated rings. The van der Waals surface area contributed by atoms with Crippen LogP contribution in [0.25, 0.3) is 0 Å². The fourth-order valence-electron chi connectivity index (χ4n) is 3.04. The molecule has 0 radical (unpaired) electrons. The van der Waals surface area contributed by atoms with Gasteiger partial charge in [0.05, 0.1) is 19.8 Å². The number of rotatable bonds is 10. The SMILES string of the molecule is CCNC(=NCc1ccc(F)cc1CSC)NCCCCN1CCOCC1. The molecular formula is C20H33FN4OS. The molecule has 0 aliphatic carbocycles. The topological polar surface area (TPSA) is 48.9 Å². The Morgan fingerprint density at radius 1 is 1.22 bits per heavy atom. The number of thioether (sulfide) groups is 1. The highest BCUT2D eigenvalue weighted by Crippen LogP contribution is 2.17. The fraction of sp³-hybridized carbons (Fsp3) is 0.650. The average Bonchev–Trinajstić information content (AvgIpc) is 2.68. The second kappa shape index (κ2) is 13.0. The summed E-state index contributed by atoms with van der Waals surface area (Å²) in [5.74, 6) is 1.44. The van der Waals surface area contributed by atoms with Gasteiger partial charge in [-0.05, 0) is 55.8 Å². The normalized spacial score (nSPS) is 15.7. The van der Waals surface area contributed by atoms with E-state index >= 15 is 0 Å². The molecule has 0 saturated carbocycles. The van der Waals surface area contributed by atoms with Crippen molar-refractivity contribution in [3.63, 3.8) is 0 Å². The molecular weight excluding hydrogens is 363 g/mol. The zero-order chi connectivity index (χ0) is 19.3. The molecule has 0 aromatic heterocycles. The third-order valence-corrected chi connectivity index (χ3v) is 5.12. The van der Waals surface area contributed by atoms with Crippen molar-refractivity contribution in [2.75, 3.05) is 52.2 Å². The third-order valence-electron chi connectivity index (χ3n) is 4.52. The molecule has 0 unspecified atom stereocenters. The van der Waals surface area contributed by atoms with Crippen molar-refractivity contribution in [2.24, 2.45) is 4.99 Å². The number of halogens is 1. The molecule has 1 aliphatic rings. The minimum Gasteiger partial charge on any atom is -0.379 e. The van der Waals surface area contributed by atoms with Crippen LogP contribution in [-0.2, 0) is 17.0 Å². The first-order chi connectivity index (χ1) is 13.2. The molecule has 1 aliphatic heterocycles. The number of morpholine rings is 1. The number of hydrogen-bond acceptors (Lipinski definition) is 4. The van der Waals surface area contributed by atoms with Crippen LogP contribution in [0.1, 0.15) is 30.9 Å². The predicted molar refractivity (Wildman–Crippen MR) is 113 cm³/mol. The first-order valence-corrected chi connectivity index (χ1v) is 11.2. The Labute approximate surface area is 167 Å². The summed E-state index contributed by atoms with van der Waals surface area (Å²) in [6.07, 6.45) is 4.30. The number of unbranched alkanes of at least 4 members (excludes halogenated alkanes) is 1. The number of benzene rings is 1. The van der Waals surface area contributed by atoms with Gasteiger partial charge in [-0.15, -0.1) is 0 Å². The molecule has 2 rings (SSSR count). The third kappa shape index (κ3) is 8.49. The van der Waals surface area contributed by atoms with Gasteiger partial charge in [-0.25, -0.2) is 9.38 Å². The van der Waals surface area contributed by atoms with Gasteiger partial charge >= 0.3 is 0 Å². The molecule has 1 heterocycles. The minimum atomic E-state index is -0.183. The maximum Gasteiger partial charge on any atom is 0.191 e. The highest BCUT2D eigenvalue weighted by atomic mass is 32.2. The van der Waals surface area contributed by atoms with Crippen LogP contribution in [0.4, 0.5) is 4.39 Å². The van der Waals surface area contributed by atoms with Crippen LogP contribution < -0.4 is 10.6 Å². The Morgan fingerprint density at radius 3 is 2.78 bits per heavy atom. The number of nitrogens with zero attached hydrogens (tertiary/aromatic N) is 2. The summed E-state index contributed by atoms with van der Waals surface area (Å²) in [4.78, 5) is 7.14. The van der Waals surface area contributed by atoms with E-state index in [1.54, 1.807) is 17.8 Å². The van der Waals surface area contributed by atoms with E-state index < -0.39 is 0 Å². The summed E-state index contributed by atoms with van der Waals surface area (Å²) in [7, 11) is 0. The molecule has 5 nitrogen and oxygen atoms in total. The molecule has 2 N–H and O–H groups in total. The van der Waals surface area contributed by atoms with Gasteiger partial charge in [-0.3, -0.25) is 4.90 Å². The summed E-state index contributed by atoms with van der Waals surface area (Å²) < 4.78 is 18.9. The van der Waals surface area contributed by atoms with E-state index in [4.69, 9.17) is 4.74 Å². The fourth-order valence-corrected chi connectivity index (χ4v) is 3.62. The van der Waals surface area contributed by atoms with E-state index in [-0.39, 0.29) is 5.82 Å². The van der Waals surface area contributed by atoms with E-state index in [1.165, 1.54) is 12.5 Å². The Bertz CT molecular complexity index is 579. The van der Waals surface area contributed by atoms with Crippen LogP contribution in [0, 0.1) is 5.82 Å². The molecule has 0 atom stereocenters. The smallest absolute Gasteiger partial charge is 0.191 e. The van der Waals surface area contributed by atoms with Crippen LogP contribution in [-0.4, -0.2) is 63.1 Å². The molecule has 152 valence electrons. The van der Waals surface area contributed by atoms with Gasteiger partial charge in [0.15, 0.2) is 5.96 Å².